The van der Waals surface area contributed by atoms with Crippen LogP contribution in [-0.4, -0.2) is 80.3 Å². The molecule has 0 aliphatic carbocycles. The first-order valence-electron chi connectivity index (χ1n) is 17.9. The van der Waals surface area contributed by atoms with Crippen LogP contribution in [0.3, 0.4) is 0 Å². The predicted molar refractivity (Wildman–Crippen MR) is 192 cm³/mol. The molecule has 0 spiro atoms. The number of carbonyl (C=O) groups excluding carboxylic acids is 3. The molecule has 0 bridgehead atoms. The lowest BCUT2D eigenvalue weighted by molar-refractivity contribution is -0.384. The average Bonchev–Trinajstić information content (AvgIpc) is 3.91. The molecule has 6 heterocycles. The van der Waals surface area contributed by atoms with E-state index < -0.39 is 41.9 Å². The molecule has 19 nitrogen and oxygen atoms in total. The molecule has 0 saturated carbocycles. The van der Waals surface area contributed by atoms with E-state index in [0.29, 0.717) is 22.8 Å². The van der Waals surface area contributed by atoms with Gasteiger partial charge in [0.05, 0.1) is 6.61 Å². The van der Waals surface area contributed by atoms with Crippen molar-refractivity contribution in [3.63, 3.8) is 0 Å². The number of hydrogen-bond donors (Lipinski definition) is 2. The van der Waals surface area contributed by atoms with Crippen molar-refractivity contribution in [2.24, 2.45) is 0 Å². The zero-order valence-corrected chi connectivity index (χ0v) is 32.2. The molecule has 1 aliphatic heterocycles. The van der Waals surface area contributed by atoms with Crippen molar-refractivity contribution in [1.29, 1.82) is 0 Å². The Bertz CT molecular complexity index is 2160. The van der Waals surface area contributed by atoms with Gasteiger partial charge >= 0.3 is 18.2 Å². The Morgan fingerprint density at radius 1 is 0.696 bits per heavy atom. The highest BCUT2D eigenvalue weighted by atomic mass is 16.9. The van der Waals surface area contributed by atoms with E-state index in [4.69, 9.17) is 41.4 Å². The van der Waals surface area contributed by atoms with Crippen molar-refractivity contribution in [3.8, 4) is 46.3 Å². The minimum Gasteiger partial charge on any atom is -0.461 e. The summed E-state index contributed by atoms with van der Waals surface area (Å²) in [4.78, 5) is 59.5. The molecule has 298 valence electrons. The fourth-order valence-electron chi connectivity index (χ4n) is 5.15. The van der Waals surface area contributed by atoms with Crippen LogP contribution in [0.15, 0.2) is 48.4 Å². The number of nitrogens with one attached hydrogen (secondary N) is 2. The van der Waals surface area contributed by atoms with Gasteiger partial charge in [0.2, 0.25) is 29.9 Å². The summed E-state index contributed by atoms with van der Waals surface area (Å²) in [5.74, 6) is 0.352. The summed E-state index contributed by atoms with van der Waals surface area (Å²) >= 11 is 0. The van der Waals surface area contributed by atoms with Crippen molar-refractivity contribution in [3.05, 3.63) is 53.6 Å². The minimum atomic E-state index is -0.740. The molecule has 0 radical (unpaired) electrons. The van der Waals surface area contributed by atoms with E-state index in [1.54, 1.807) is 73.6 Å². The van der Waals surface area contributed by atoms with Gasteiger partial charge in [0.15, 0.2) is 23.4 Å². The average molecular weight is 778 g/mol. The Morgan fingerprint density at radius 3 is 1.73 bits per heavy atom. The SMILES string of the molecule is CCOC(=O)c1nc(-c2coc(-c3cccc(-c4nc(-c5nc(C6OC(C)O6)c(CCNC(=O)OC(C)(C)C)o5)co4)n3)n2)oc1CCNC(=O)OC(C)(C)C. The quantitative estimate of drug-likeness (QED) is 0.0970. The van der Waals surface area contributed by atoms with Crippen LogP contribution in [0.25, 0.3) is 46.3 Å². The van der Waals surface area contributed by atoms with Crippen LogP contribution in [0, 0.1) is 0 Å². The summed E-state index contributed by atoms with van der Waals surface area (Å²) in [7, 11) is 0. The van der Waals surface area contributed by atoms with Crippen molar-refractivity contribution in [2.75, 3.05) is 19.7 Å². The number of amides is 2. The first-order valence-corrected chi connectivity index (χ1v) is 17.9. The van der Waals surface area contributed by atoms with Gasteiger partial charge < -0.3 is 52.0 Å². The molecule has 6 rings (SSSR count). The molecular formula is C37H43N7O12. The van der Waals surface area contributed by atoms with E-state index in [2.05, 4.69) is 35.6 Å². The standard InChI is InChI=1S/C37H43N7O12/c1-9-48-32(45)26-24(13-15-38-34(46)55-36(3,4)5)53-30(43-26)22-17-49-28(41-22)20-11-10-12-21(40-20)29-42-23(18-50-29)31-44-27(33-51-19(2)52-33)25(54-31)14-16-39-35(47)56-37(6,7)8/h10-12,17-19,33H,9,13-16H2,1-8H3,(H,38,46)(H,39,47). The summed E-state index contributed by atoms with van der Waals surface area (Å²) < 4.78 is 50.5. The number of ether oxygens (including phenoxy) is 5. The minimum absolute atomic E-state index is 0.00119. The number of nitrogens with zero attached hydrogens (tertiary/aromatic N) is 5. The van der Waals surface area contributed by atoms with E-state index in [1.807, 2.05) is 0 Å². The highest BCUT2D eigenvalue weighted by molar-refractivity contribution is 5.89. The van der Waals surface area contributed by atoms with Gasteiger partial charge in [-0.25, -0.2) is 39.3 Å². The third-order valence-electron chi connectivity index (χ3n) is 7.42. The van der Waals surface area contributed by atoms with Crippen LogP contribution in [0.2, 0.25) is 0 Å². The highest BCUT2D eigenvalue weighted by Gasteiger charge is 2.35. The van der Waals surface area contributed by atoms with Crippen LogP contribution < -0.4 is 10.6 Å². The Balaban J connectivity index is 1.17. The molecule has 0 unspecified atom stereocenters. The number of hydrogen-bond acceptors (Lipinski definition) is 17. The number of aromatic nitrogens is 5. The van der Waals surface area contributed by atoms with E-state index in [0.717, 1.165) is 0 Å². The van der Waals surface area contributed by atoms with Gasteiger partial charge in [0.1, 0.15) is 52.3 Å². The van der Waals surface area contributed by atoms with Gasteiger partial charge in [-0.05, 0) is 67.5 Å². The second kappa shape index (κ2) is 16.3. The molecule has 2 N–H and O–H groups in total. The predicted octanol–water partition coefficient (Wildman–Crippen LogP) is 6.40. The fraction of sp³-hybridized carbons (Fsp3) is 0.459. The van der Waals surface area contributed by atoms with E-state index >= 15 is 0 Å². The zero-order chi connectivity index (χ0) is 40.2. The highest BCUT2D eigenvalue weighted by Crippen LogP contribution is 2.36. The second-order valence-corrected chi connectivity index (χ2v) is 14.4. The molecule has 1 aliphatic rings. The van der Waals surface area contributed by atoms with Gasteiger partial charge in [-0.1, -0.05) is 6.07 Å². The van der Waals surface area contributed by atoms with Crippen LogP contribution in [0.5, 0.6) is 0 Å². The van der Waals surface area contributed by atoms with E-state index in [9.17, 15) is 14.4 Å². The Labute approximate surface area is 320 Å². The smallest absolute Gasteiger partial charge is 0.407 e. The van der Waals surface area contributed by atoms with Crippen molar-refractivity contribution < 1.29 is 55.7 Å². The normalized spacial score (nSPS) is 15.6. The maximum absolute atomic E-state index is 12.7. The summed E-state index contributed by atoms with van der Waals surface area (Å²) in [6.07, 6.45) is 0.768. The van der Waals surface area contributed by atoms with Gasteiger partial charge in [0.25, 0.3) is 0 Å². The maximum Gasteiger partial charge on any atom is 0.407 e. The topological polar surface area (TPSA) is 238 Å². The van der Waals surface area contributed by atoms with E-state index in [1.165, 1.54) is 12.5 Å². The first-order chi connectivity index (χ1) is 26.5. The summed E-state index contributed by atoms with van der Waals surface area (Å²) in [5.41, 5.74) is 0.201. The summed E-state index contributed by atoms with van der Waals surface area (Å²) in [5, 5.41) is 5.33. The molecular weight excluding hydrogens is 734 g/mol. The lowest BCUT2D eigenvalue weighted by Gasteiger charge is -2.32. The van der Waals surface area contributed by atoms with Crippen molar-refractivity contribution in [2.45, 2.75) is 92.0 Å². The molecule has 1 saturated heterocycles. The molecule has 19 heteroatoms. The molecule has 2 amide bonds. The van der Waals surface area contributed by atoms with Crippen LogP contribution in [-0.2, 0) is 36.5 Å². The Hall–Kier alpha value is -6.08. The van der Waals surface area contributed by atoms with Gasteiger partial charge in [-0.2, -0.15) is 0 Å². The molecule has 1 fully saturated rings. The summed E-state index contributed by atoms with van der Waals surface area (Å²) in [6.45, 7) is 14.5. The van der Waals surface area contributed by atoms with Gasteiger partial charge in [-0.15, -0.1) is 0 Å². The van der Waals surface area contributed by atoms with Crippen LogP contribution in [0.1, 0.15) is 89.4 Å². The number of rotatable bonds is 13. The lowest BCUT2D eigenvalue weighted by atomic mass is 10.2. The Morgan fingerprint density at radius 2 is 1.21 bits per heavy atom. The molecule has 0 aromatic carbocycles. The number of esters is 1. The van der Waals surface area contributed by atoms with Crippen LogP contribution >= 0.6 is 0 Å². The lowest BCUT2D eigenvalue weighted by Crippen LogP contribution is -2.34. The third kappa shape index (κ3) is 9.96. The summed E-state index contributed by atoms with van der Waals surface area (Å²) in [6, 6.07) is 5.08. The fourth-order valence-corrected chi connectivity index (χ4v) is 5.15. The van der Waals surface area contributed by atoms with Crippen molar-refractivity contribution >= 4 is 18.2 Å². The molecule has 5 aromatic heterocycles. The van der Waals surface area contributed by atoms with Crippen LogP contribution in [0.4, 0.5) is 9.59 Å². The Kier molecular flexibility index (Phi) is 11.6. The number of carbonyl (C=O) groups is 3. The maximum atomic E-state index is 12.7. The molecule has 56 heavy (non-hydrogen) atoms. The first kappa shape index (κ1) is 39.6. The van der Waals surface area contributed by atoms with E-state index in [-0.39, 0.29) is 78.9 Å². The van der Waals surface area contributed by atoms with Gasteiger partial charge in [0, 0.05) is 25.9 Å². The largest absolute Gasteiger partial charge is 0.461 e. The monoisotopic (exact) mass is 777 g/mol. The number of pyridine rings is 1. The molecule has 0 atom stereocenters. The zero-order valence-electron chi connectivity index (χ0n) is 32.2. The third-order valence-corrected chi connectivity index (χ3v) is 7.42. The van der Waals surface area contributed by atoms with Crippen molar-refractivity contribution in [1.82, 2.24) is 35.6 Å². The number of oxazole rings is 4. The van der Waals surface area contributed by atoms with Gasteiger partial charge in [-0.3, -0.25) is 0 Å². The second-order valence-electron chi connectivity index (χ2n) is 14.4. The molecule has 5 aromatic rings. The number of alkyl carbamates (subject to hydrolysis) is 2.